The van der Waals surface area contributed by atoms with Crippen molar-refractivity contribution in [1.82, 2.24) is 0 Å². The van der Waals surface area contributed by atoms with Gasteiger partial charge in [0.25, 0.3) is 0 Å². The predicted molar refractivity (Wildman–Crippen MR) is 72.6 cm³/mol. The van der Waals surface area contributed by atoms with E-state index in [4.69, 9.17) is 4.42 Å². The van der Waals surface area contributed by atoms with E-state index in [0.29, 0.717) is 16.5 Å². The average Bonchev–Trinajstić information content (AvgIpc) is 2.68. The Bertz CT molecular complexity index is 701. The van der Waals surface area contributed by atoms with Crippen molar-refractivity contribution in [2.24, 2.45) is 0 Å². The lowest BCUT2D eigenvalue weighted by Crippen LogP contribution is -2.11. The summed E-state index contributed by atoms with van der Waals surface area (Å²) in [5.74, 6) is -0.0270. The van der Waals surface area contributed by atoms with Crippen molar-refractivity contribution in [3.8, 4) is 0 Å². The second-order valence-corrected chi connectivity index (χ2v) is 4.20. The van der Waals surface area contributed by atoms with E-state index in [1.165, 1.54) is 0 Å². The fourth-order valence-electron chi connectivity index (χ4n) is 2.09. The third-order valence-corrected chi connectivity index (χ3v) is 3.04. The Labute approximate surface area is 105 Å². The minimum absolute atomic E-state index is 0.0270. The molecular weight excluding hydrogens is 224 g/mol. The molecule has 0 unspecified atom stereocenters. The number of benzene rings is 1. The molecule has 18 heavy (non-hydrogen) atoms. The van der Waals surface area contributed by atoms with Crippen molar-refractivity contribution < 1.29 is 4.42 Å². The molecule has 0 fully saturated rings. The molecule has 3 rings (SSSR count). The predicted octanol–water partition coefficient (Wildman–Crippen LogP) is 3.56. The molecule has 0 atom stereocenters. The lowest BCUT2D eigenvalue weighted by molar-refractivity contribution is 0.592. The third kappa shape index (κ3) is 1.82. The maximum atomic E-state index is 12.4. The van der Waals surface area contributed by atoms with Crippen LogP contribution in [0.1, 0.15) is 11.5 Å². The first kappa shape index (κ1) is 10.8. The maximum absolute atomic E-state index is 12.4. The fourth-order valence-corrected chi connectivity index (χ4v) is 2.09. The van der Waals surface area contributed by atoms with E-state index in [2.05, 4.69) is 0 Å². The van der Waals surface area contributed by atoms with Crippen molar-refractivity contribution in [1.29, 1.82) is 0 Å². The Balaban J connectivity index is 2.19. The Morgan fingerprint density at radius 2 is 1.67 bits per heavy atom. The molecule has 0 radical (unpaired) electrons. The van der Waals surface area contributed by atoms with E-state index in [1.807, 2.05) is 48.6 Å². The van der Waals surface area contributed by atoms with E-state index >= 15 is 0 Å². The average molecular weight is 236 g/mol. The zero-order chi connectivity index (χ0) is 12.4. The molecule has 1 aromatic carbocycles. The second-order valence-electron chi connectivity index (χ2n) is 4.20. The summed E-state index contributed by atoms with van der Waals surface area (Å²) in [4.78, 5) is 12.4. The van der Waals surface area contributed by atoms with Crippen LogP contribution >= 0.6 is 0 Å². The summed E-state index contributed by atoms with van der Waals surface area (Å²) in [6, 6.07) is 7.32. The van der Waals surface area contributed by atoms with Crippen molar-refractivity contribution in [3.63, 3.8) is 0 Å². The summed E-state index contributed by atoms with van der Waals surface area (Å²) in [5, 5.41) is 0.633. The first-order valence-corrected chi connectivity index (χ1v) is 5.88. The second kappa shape index (κ2) is 4.49. The molecule has 2 aromatic rings. The van der Waals surface area contributed by atoms with E-state index in [-0.39, 0.29) is 11.3 Å². The standard InChI is InChI=1S/C16H12O2/c17-16-13-9-5-6-10-15(13)18-11-14(16)12-7-3-1-2-4-8-12/h1-12H. The first-order valence-electron chi connectivity index (χ1n) is 5.88. The maximum Gasteiger partial charge on any atom is 0.196 e. The molecule has 1 heterocycles. The van der Waals surface area contributed by atoms with Gasteiger partial charge < -0.3 is 4.42 Å². The van der Waals surface area contributed by atoms with Gasteiger partial charge in [0.2, 0.25) is 0 Å². The molecule has 0 amide bonds. The van der Waals surface area contributed by atoms with Gasteiger partial charge in [0.05, 0.1) is 11.6 Å². The van der Waals surface area contributed by atoms with Crippen molar-refractivity contribution in [2.75, 3.05) is 0 Å². The van der Waals surface area contributed by atoms with Crippen LogP contribution in [0, 0.1) is 0 Å². The molecule has 1 aliphatic rings. The van der Waals surface area contributed by atoms with Gasteiger partial charge in [0.15, 0.2) is 5.43 Å². The molecule has 0 saturated carbocycles. The summed E-state index contributed by atoms with van der Waals surface area (Å²) in [6.07, 6.45) is 13.3. The van der Waals surface area contributed by atoms with E-state index < -0.39 is 0 Å². The van der Waals surface area contributed by atoms with Gasteiger partial charge in [0.1, 0.15) is 5.58 Å². The first-order chi connectivity index (χ1) is 8.86. The highest BCUT2D eigenvalue weighted by atomic mass is 16.3. The highest BCUT2D eigenvalue weighted by molar-refractivity contribution is 5.76. The van der Waals surface area contributed by atoms with E-state index in [1.54, 1.807) is 18.4 Å². The summed E-state index contributed by atoms with van der Waals surface area (Å²) in [6.45, 7) is 0. The molecule has 2 heteroatoms. The fraction of sp³-hybridized carbons (Fsp3) is 0.0625. The summed E-state index contributed by atoms with van der Waals surface area (Å²) in [7, 11) is 0. The number of fused-ring (bicyclic) bond motifs is 1. The van der Waals surface area contributed by atoms with Crippen LogP contribution in [0.4, 0.5) is 0 Å². The van der Waals surface area contributed by atoms with Gasteiger partial charge in [-0.3, -0.25) is 4.79 Å². The number of hydrogen-bond acceptors (Lipinski definition) is 2. The summed E-state index contributed by atoms with van der Waals surface area (Å²) >= 11 is 0. The smallest absolute Gasteiger partial charge is 0.196 e. The van der Waals surface area contributed by atoms with Gasteiger partial charge in [-0.25, -0.2) is 0 Å². The molecule has 88 valence electrons. The van der Waals surface area contributed by atoms with Crippen LogP contribution in [0.3, 0.4) is 0 Å². The monoisotopic (exact) mass is 236 g/mol. The third-order valence-electron chi connectivity index (χ3n) is 3.04. The largest absolute Gasteiger partial charge is 0.464 e. The normalized spacial score (nSPS) is 15.1. The van der Waals surface area contributed by atoms with E-state index in [9.17, 15) is 4.79 Å². The Morgan fingerprint density at radius 1 is 0.944 bits per heavy atom. The molecule has 0 N–H and O–H groups in total. The number of rotatable bonds is 1. The quantitative estimate of drug-likeness (QED) is 0.757. The summed E-state index contributed by atoms with van der Waals surface area (Å²) in [5.41, 5.74) is 1.34. The van der Waals surface area contributed by atoms with Gasteiger partial charge >= 0.3 is 0 Å². The van der Waals surface area contributed by atoms with Crippen LogP contribution < -0.4 is 5.43 Å². The molecule has 0 saturated heterocycles. The van der Waals surface area contributed by atoms with Crippen LogP contribution in [-0.4, -0.2) is 0 Å². The number of allylic oxidation sites excluding steroid dienone is 6. The van der Waals surface area contributed by atoms with Gasteiger partial charge in [-0.05, 0) is 12.1 Å². The highest BCUT2D eigenvalue weighted by Gasteiger charge is 2.12. The topological polar surface area (TPSA) is 30.2 Å². The lowest BCUT2D eigenvalue weighted by Gasteiger charge is -2.07. The summed E-state index contributed by atoms with van der Waals surface area (Å²) < 4.78 is 5.53. The minimum Gasteiger partial charge on any atom is -0.464 e. The molecule has 2 nitrogen and oxygen atoms in total. The van der Waals surface area contributed by atoms with Crippen LogP contribution in [0.15, 0.2) is 76.2 Å². The molecule has 0 bridgehead atoms. The van der Waals surface area contributed by atoms with Gasteiger partial charge in [-0.2, -0.15) is 0 Å². The van der Waals surface area contributed by atoms with Gasteiger partial charge in [-0.1, -0.05) is 48.6 Å². The van der Waals surface area contributed by atoms with Gasteiger partial charge in [-0.15, -0.1) is 0 Å². The van der Waals surface area contributed by atoms with Crippen LogP contribution in [0.2, 0.25) is 0 Å². The molecule has 0 aliphatic heterocycles. The molecule has 1 aliphatic carbocycles. The Hall–Kier alpha value is -2.35. The van der Waals surface area contributed by atoms with Crippen LogP contribution in [-0.2, 0) is 0 Å². The lowest BCUT2D eigenvalue weighted by atomic mass is 9.99. The van der Waals surface area contributed by atoms with Crippen molar-refractivity contribution >= 4 is 11.0 Å². The van der Waals surface area contributed by atoms with E-state index in [0.717, 1.165) is 0 Å². The van der Waals surface area contributed by atoms with Crippen LogP contribution in [0.25, 0.3) is 11.0 Å². The highest BCUT2D eigenvalue weighted by Crippen LogP contribution is 2.20. The van der Waals surface area contributed by atoms with Crippen LogP contribution in [0.5, 0.6) is 0 Å². The van der Waals surface area contributed by atoms with Gasteiger partial charge in [0, 0.05) is 11.5 Å². The van der Waals surface area contributed by atoms with Crippen molar-refractivity contribution in [3.05, 3.63) is 82.8 Å². The Kier molecular flexibility index (Phi) is 2.69. The number of hydrogen-bond donors (Lipinski definition) is 0. The minimum atomic E-state index is -0.0270. The zero-order valence-electron chi connectivity index (χ0n) is 9.74. The Morgan fingerprint density at radius 3 is 2.44 bits per heavy atom. The SMILES string of the molecule is O=c1c(C2C=CC=CC=C2)coc2ccccc12. The number of para-hydroxylation sites is 1. The zero-order valence-corrected chi connectivity index (χ0v) is 9.74. The molecular formula is C16H12O2. The molecule has 1 aromatic heterocycles. The van der Waals surface area contributed by atoms with Crippen molar-refractivity contribution in [2.45, 2.75) is 5.92 Å². The molecule has 0 spiro atoms.